The molecule has 1 heterocycles. The second kappa shape index (κ2) is 10.4. The molecule has 7 heteroatoms. The molecule has 0 spiro atoms. The molecule has 1 atom stereocenters. The van der Waals surface area contributed by atoms with Crippen molar-refractivity contribution < 1.29 is 14.0 Å². The standard InChI is InChI=1S/C18H26FN3O2S/c19-14-4-6-16(7-5-14)25-12-9-18(24)22-11-2-1-3-15(22)13-21-17(23)8-10-20/h4-7,15H,1-3,8-13,20H2,(H,21,23). The van der Waals surface area contributed by atoms with Gasteiger partial charge in [-0.1, -0.05) is 0 Å². The molecule has 1 saturated heterocycles. The summed E-state index contributed by atoms with van der Waals surface area (Å²) < 4.78 is 12.9. The number of thioether (sulfide) groups is 1. The molecule has 138 valence electrons. The van der Waals surface area contributed by atoms with E-state index in [0.717, 1.165) is 30.7 Å². The van der Waals surface area contributed by atoms with Gasteiger partial charge in [0.25, 0.3) is 0 Å². The lowest BCUT2D eigenvalue weighted by Gasteiger charge is -2.36. The zero-order chi connectivity index (χ0) is 18.1. The summed E-state index contributed by atoms with van der Waals surface area (Å²) in [5.74, 6) is 0.459. The molecule has 0 radical (unpaired) electrons. The fraction of sp³-hybridized carbons (Fsp3) is 0.556. The first-order valence-corrected chi connectivity index (χ1v) is 9.73. The first kappa shape index (κ1) is 19.7. The minimum atomic E-state index is -0.256. The highest BCUT2D eigenvalue weighted by Crippen LogP contribution is 2.21. The van der Waals surface area contributed by atoms with Gasteiger partial charge in [-0.15, -0.1) is 11.8 Å². The van der Waals surface area contributed by atoms with Gasteiger partial charge in [-0.3, -0.25) is 9.59 Å². The van der Waals surface area contributed by atoms with E-state index in [1.54, 1.807) is 23.9 Å². The van der Waals surface area contributed by atoms with Crippen molar-refractivity contribution in [3.63, 3.8) is 0 Å². The lowest BCUT2D eigenvalue weighted by Crippen LogP contribution is -2.49. The van der Waals surface area contributed by atoms with Gasteiger partial charge in [0.2, 0.25) is 11.8 Å². The first-order valence-electron chi connectivity index (χ1n) is 8.74. The van der Waals surface area contributed by atoms with Crippen LogP contribution in [0.2, 0.25) is 0 Å². The van der Waals surface area contributed by atoms with Gasteiger partial charge in [-0.2, -0.15) is 0 Å². The van der Waals surface area contributed by atoms with Crippen LogP contribution in [0.25, 0.3) is 0 Å². The maximum absolute atomic E-state index is 12.9. The fourth-order valence-electron chi connectivity index (χ4n) is 2.92. The number of amides is 2. The molecule has 0 bridgehead atoms. The summed E-state index contributed by atoms with van der Waals surface area (Å²) in [4.78, 5) is 27.0. The van der Waals surface area contributed by atoms with Gasteiger partial charge in [-0.05, 0) is 43.5 Å². The van der Waals surface area contributed by atoms with Crippen molar-refractivity contribution in [2.24, 2.45) is 5.73 Å². The summed E-state index contributed by atoms with van der Waals surface area (Å²) in [6, 6.07) is 6.37. The van der Waals surface area contributed by atoms with Crippen LogP contribution in [0.3, 0.4) is 0 Å². The molecule has 5 nitrogen and oxygen atoms in total. The number of halogens is 1. The molecule has 1 aliphatic heterocycles. The zero-order valence-electron chi connectivity index (χ0n) is 14.4. The molecule has 2 amide bonds. The van der Waals surface area contributed by atoms with Crippen LogP contribution in [0.15, 0.2) is 29.2 Å². The Kier molecular flexibility index (Phi) is 8.21. The number of carbonyl (C=O) groups is 2. The van der Waals surface area contributed by atoms with E-state index in [2.05, 4.69) is 5.32 Å². The van der Waals surface area contributed by atoms with Crippen LogP contribution in [0.4, 0.5) is 4.39 Å². The average Bonchev–Trinajstić information content (AvgIpc) is 2.62. The first-order chi connectivity index (χ1) is 12.1. The smallest absolute Gasteiger partial charge is 0.223 e. The monoisotopic (exact) mass is 367 g/mol. The number of likely N-dealkylation sites (tertiary alicyclic amines) is 1. The van der Waals surface area contributed by atoms with Crippen molar-refractivity contribution in [3.05, 3.63) is 30.1 Å². The Bertz CT molecular complexity index is 568. The van der Waals surface area contributed by atoms with Crippen molar-refractivity contribution in [2.45, 2.75) is 43.0 Å². The summed E-state index contributed by atoms with van der Waals surface area (Å²) in [7, 11) is 0. The topological polar surface area (TPSA) is 75.4 Å². The third-order valence-electron chi connectivity index (χ3n) is 4.25. The molecule has 0 saturated carbocycles. The van der Waals surface area contributed by atoms with Crippen molar-refractivity contribution in [1.29, 1.82) is 0 Å². The molecule has 0 aliphatic carbocycles. The highest BCUT2D eigenvalue weighted by molar-refractivity contribution is 7.99. The molecule has 3 N–H and O–H groups in total. The minimum absolute atomic E-state index is 0.0627. The van der Waals surface area contributed by atoms with Gasteiger partial charge < -0.3 is 16.0 Å². The van der Waals surface area contributed by atoms with Gasteiger partial charge in [0.1, 0.15) is 5.82 Å². The largest absolute Gasteiger partial charge is 0.354 e. The van der Waals surface area contributed by atoms with Crippen molar-refractivity contribution in [1.82, 2.24) is 10.2 Å². The molecule has 0 aromatic heterocycles. The molecule has 25 heavy (non-hydrogen) atoms. The van der Waals surface area contributed by atoms with Crippen molar-refractivity contribution in [3.8, 4) is 0 Å². The summed E-state index contributed by atoms with van der Waals surface area (Å²) in [6.45, 7) is 1.58. The maximum atomic E-state index is 12.9. The number of rotatable bonds is 8. The lowest BCUT2D eigenvalue weighted by molar-refractivity contribution is -0.135. The molecular formula is C18H26FN3O2S. The predicted molar refractivity (Wildman–Crippen MR) is 97.8 cm³/mol. The van der Waals surface area contributed by atoms with Gasteiger partial charge in [0.05, 0.1) is 0 Å². The lowest BCUT2D eigenvalue weighted by atomic mass is 10.0. The Morgan fingerprint density at radius 3 is 2.72 bits per heavy atom. The Morgan fingerprint density at radius 1 is 1.24 bits per heavy atom. The Hall–Kier alpha value is -1.60. The second-order valence-electron chi connectivity index (χ2n) is 6.13. The number of nitrogens with zero attached hydrogens (tertiary/aromatic N) is 1. The Balaban J connectivity index is 1.78. The van der Waals surface area contributed by atoms with Crippen LogP contribution < -0.4 is 11.1 Å². The summed E-state index contributed by atoms with van der Waals surface area (Å²) in [5, 5.41) is 2.87. The molecule has 1 fully saturated rings. The van der Waals surface area contributed by atoms with Crippen molar-refractivity contribution >= 4 is 23.6 Å². The van der Waals surface area contributed by atoms with Crippen LogP contribution in [0.1, 0.15) is 32.1 Å². The highest BCUT2D eigenvalue weighted by Gasteiger charge is 2.26. The van der Waals surface area contributed by atoms with Gasteiger partial charge >= 0.3 is 0 Å². The normalized spacial score (nSPS) is 17.4. The second-order valence-corrected chi connectivity index (χ2v) is 7.30. The SMILES string of the molecule is NCCC(=O)NCC1CCCCN1C(=O)CCSc1ccc(F)cc1. The maximum Gasteiger partial charge on any atom is 0.223 e. The molecule has 1 aliphatic rings. The number of piperidine rings is 1. The van der Waals surface area contributed by atoms with Gasteiger partial charge in [-0.25, -0.2) is 4.39 Å². The number of benzene rings is 1. The van der Waals surface area contributed by atoms with Crippen molar-refractivity contribution in [2.75, 3.05) is 25.4 Å². The minimum Gasteiger partial charge on any atom is -0.354 e. The Morgan fingerprint density at radius 2 is 2.00 bits per heavy atom. The number of hydrogen-bond acceptors (Lipinski definition) is 4. The molecule has 1 aromatic rings. The van der Waals surface area contributed by atoms with Crippen LogP contribution in [0, 0.1) is 5.82 Å². The predicted octanol–water partition coefficient (Wildman–Crippen LogP) is 2.15. The quantitative estimate of drug-likeness (QED) is 0.691. The Labute approximate surface area is 152 Å². The van der Waals surface area contributed by atoms with E-state index >= 15 is 0 Å². The van der Waals surface area contributed by atoms with E-state index in [9.17, 15) is 14.0 Å². The number of hydrogen-bond donors (Lipinski definition) is 2. The molecule has 2 rings (SSSR count). The van der Waals surface area contributed by atoms with Crippen LogP contribution >= 0.6 is 11.8 Å². The number of carbonyl (C=O) groups excluding carboxylic acids is 2. The van der Waals surface area contributed by atoms with E-state index in [4.69, 9.17) is 5.73 Å². The molecule has 1 unspecified atom stereocenters. The summed E-state index contributed by atoms with van der Waals surface area (Å²) in [5.41, 5.74) is 5.38. The third kappa shape index (κ3) is 6.66. The zero-order valence-corrected chi connectivity index (χ0v) is 15.2. The number of nitrogens with two attached hydrogens (primary N) is 1. The fourth-order valence-corrected chi connectivity index (χ4v) is 3.76. The van der Waals surface area contributed by atoms with E-state index < -0.39 is 0 Å². The van der Waals surface area contributed by atoms with E-state index in [1.807, 2.05) is 4.90 Å². The van der Waals surface area contributed by atoms with Gasteiger partial charge in [0.15, 0.2) is 0 Å². The van der Waals surface area contributed by atoms with E-state index in [0.29, 0.717) is 31.7 Å². The van der Waals surface area contributed by atoms with Gasteiger partial charge in [0, 0.05) is 49.2 Å². The van der Waals surface area contributed by atoms with E-state index in [1.165, 1.54) is 12.1 Å². The molecular weight excluding hydrogens is 341 g/mol. The van der Waals surface area contributed by atoms with Crippen LogP contribution in [-0.4, -0.2) is 48.1 Å². The van der Waals surface area contributed by atoms with E-state index in [-0.39, 0.29) is 23.7 Å². The molecule has 1 aromatic carbocycles. The summed E-state index contributed by atoms with van der Waals surface area (Å²) in [6.07, 6.45) is 3.75. The van der Waals surface area contributed by atoms with Crippen LogP contribution in [-0.2, 0) is 9.59 Å². The summed E-state index contributed by atoms with van der Waals surface area (Å²) >= 11 is 1.55. The number of nitrogens with one attached hydrogen (secondary N) is 1. The average molecular weight is 367 g/mol. The third-order valence-corrected chi connectivity index (χ3v) is 5.27. The van der Waals surface area contributed by atoms with Crippen LogP contribution in [0.5, 0.6) is 0 Å². The highest BCUT2D eigenvalue weighted by atomic mass is 32.2.